The number of hydrogen-bond donors (Lipinski definition) is 1. The number of rotatable bonds is 9. The van der Waals surface area contributed by atoms with Crippen molar-refractivity contribution in [3.63, 3.8) is 0 Å². The van der Waals surface area contributed by atoms with Crippen LogP contribution in [0.15, 0.2) is 66.7 Å². The van der Waals surface area contributed by atoms with Crippen LogP contribution in [0.4, 0.5) is 4.39 Å². The first-order chi connectivity index (χ1) is 15.0. The Morgan fingerprint density at radius 3 is 2.29 bits per heavy atom. The van der Waals surface area contributed by atoms with E-state index in [2.05, 4.69) is 5.32 Å². The largest absolute Gasteiger partial charge is 0.497 e. The van der Waals surface area contributed by atoms with Crippen molar-refractivity contribution in [1.29, 1.82) is 0 Å². The first-order valence-corrected chi connectivity index (χ1v) is 10.1. The van der Waals surface area contributed by atoms with Crippen molar-refractivity contribution >= 4 is 5.91 Å². The molecule has 6 heteroatoms. The van der Waals surface area contributed by atoms with Crippen LogP contribution in [0, 0.1) is 5.82 Å². The molecule has 3 aromatic carbocycles. The minimum absolute atomic E-state index is 0.231. The van der Waals surface area contributed by atoms with Crippen molar-refractivity contribution in [2.75, 3.05) is 13.7 Å². The Labute approximate surface area is 181 Å². The van der Waals surface area contributed by atoms with Crippen LogP contribution in [0.25, 0.3) is 0 Å². The molecule has 3 aromatic rings. The van der Waals surface area contributed by atoms with Crippen LogP contribution in [-0.2, 0) is 6.61 Å². The fourth-order valence-electron chi connectivity index (χ4n) is 3.08. The maximum Gasteiger partial charge on any atom is 0.251 e. The van der Waals surface area contributed by atoms with Crippen molar-refractivity contribution in [2.24, 2.45) is 0 Å². The van der Waals surface area contributed by atoms with E-state index in [9.17, 15) is 9.18 Å². The Morgan fingerprint density at radius 1 is 0.968 bits per heavy atom. The van der Waals surface area contributed by atoms with Crippen molar-refractivity contribution in [3.05, 3.63) is 89.2 Å². The summed E-state index contributed by atoms with van der Waals surface area (Å²) in [6.07, 6.45) is 0. The maximum atomic E-state index is 13.1. The summed E-state index contributed by atoms with van der Waals surface area (Å²) in [7, 11) is 1.61. The number of ether oxygens (including phenoxy) is 3. The molecule has 5 nitrogen and oxygen atoms in total. The molecule has 0 spiro atoms. The van der Waals surface area contributed by atoms with Gasteiger partial charge in [0.1, 0.15) is 29.7 Å². The molecule has 0 aromatic heterocycles. The quantitative estimate of drug-likeness (QED) is 0.507. The van der Waals surface area contributed by atoms with Gasteiger partial charge in [-0.05, 0) is 74.0 Å². The van der Waals surface area contributed by atoms with Crippen LogP contribution >= 0.6 is 0 Å². The first-order valence-electron chi connectivity index (χ1n) is 10.1. The third-order valence-corrected chi connectivity index (χ3v) is 4.79. The van der Waals surface area contributed by atoms with Gasteiger partial charge in [-0.1, -0.05) is 12.1 Å². The molecule has 1 unspecified atom stereocenters. The molecule has 0 saturated carbocycles. The highest BCUT2D eigenvalue weighted by molar-refractivity contribution is 5.94. The molecule has 0 aliphatic rings. The van der Waals surface area contributed by atoms with Gasteiger partial charge in [-0.25, -0.2) is 4.39 Å². The van der Waals surface area contributed by atoms with Gasteiger partial charge in [0.25, 0.3) is 5.91 Å². The molecule has 1 N–H and O–H groups in total. The van der Waals surface area contributed by atoms with E-state index >= 15 is 0 Å². The van der Waals surface area contributed by atoms with Gasteiger partial charge in [-0.2, -0.15) is 0 Å². The van der Waals surface area contributed by atoms with E-state index in [-0.39, 0.29) is 24.4 Å². The van der Waals surface area contributed by atoms with E-state index in [1.54, 1.807) is 37.4 Å². The average Bonchev–Trinajstić information content (AvgIpc) is 2.79. The highest BCUT2D eigenvalue weighted by Crippen LogP contribution is 2.24. The molecule has 1 atom stereocenters. The van der Waals surface area contributed by atoms with Crippen LogP contribution in [0.1, 0.15) is 41.4 Å². The molecule has 0 heterocycles. The summed E-state index contributed by atoms with van der Waals surface area (Å²) >= 11 is 0. The predicted molar refractivity (Wildman–Crippen MR) is 117 cm³/mol. The van der Waals surface area contributed by atoms with E-state index in [0.717, 1.165) is 16.9 Å². The highest BCUT2D eigenvalue weighted by Gasteiger charge is 2.15. The predicted octanol–water partition coefficient (Wildman–Crippen LogP) is 5.30. The lowest BCUT2D eigenvalue weighted by atomic mass is 10.1. The third-order valence-electron chi connectivity index (χ3n) is 4.79. The molecule has 0 aliphatic heterocycles. The molecule has 0 fully saturated rings. The summed E-state index contributed by atoms with van der Waals surface area (Å²) in [5.74, 6) is 1.55. The van der Waals surface area contributed by atoms with Crippen molar-refractivity contribution in [3.8, 4) is 17.2 Å². The lowest BCUT2D eigenvalue weighted by molar-refractivity contribution is 0.0939. The molecule has 0 radical (unpaired) electrons. The number of nitrogens with one attached hydrogen (secondary N) is 1. The molecule has 0 aliphatic carbocycles. The summed E-state index contributed by atoms with van der Waals surface area (Å²) in [5.41, 5.74) is 2.08. The first kappa shape index (κ1) is 22.2. The molecule has 1 amide bonds. The molecular weight excluding hydrogens is 397 g/mol. The van der Waals surface area contributed by atoms with Crippen LogP contribution in [-0.4, -0.2) is 19.6 Å². The molecule has 0 saturated heterocycles. The topological polar surface area (TPSA) is 56.8 Å². The Kier molecular flexibility index (Phi) is 7.49. The lowest BCUT2D eigenvalue weighted by Crippen LogP contribution is -2.26. The second-order valence-corrected chi connectivity index (χ2v) is 6.97. The normalized spacial score (nSPS) is 11.5. The maximum absolute atomic E-state index is 13.1. The monoisotopic (exact) mass is 423 g/mol. The van der Waals surface area contributed by atoms with Gasteiger partial charge in [-0.15, -0.1) is 0 Å². The van der Waals surface area contributed by atoms with E-state index in [0.29, 0.717) is 23.7 Å². The van der Waals surface area contributed by atoms with E-state index in [1.807, 2.05) is 38.1 Å². The van der Waals surface area contributed by atoms with Gasteiger partial charge in [0.2, 0.25) is 0 Å². The highest BCUT2D eigenvalue weighted by atomic mass is 19.1. The number of carbonyl (C=O) groups excluding carboxylic acids is 1. The van der Waals surface area contributed by atoms with Gasteiger partial charge in [-0.3, -0.25) is 4.79 Å². The van der Waals surface area contributed by atoms with Gasteiger partial charge in [0.15, 0.2) is 0 Å². The van der Waals surface area contributed by atoms with Crippen LogP contribution in [0.2, 0.25) is 0 Å². The molecule has 0 bridgehead atoms. The Morgan fingerprint density at radius 2 is 1.65 bits per heavy atom. The van der Waals surface area contributed by atoms with Crippen LogP contribution in [0.3, 0.4) is 0 Å². The Bertz CT molecular complexity index is 1000. The fraction of sp³-hybridized carbons (Fsp3) is 0.240. The van der Waals surface area contributed by atoms with Crippen molar-refractivity contribution in [1.82, 2.24) is 5.32 Å². The number of carbonyl (C=O) groups is 1. The smallest absolute Gasteiger partial charge is 0.251 e. The van der Waals surface area contributed by atoms with Gasteiger partial charge in [0.05, 0.1) is 19.8 Å². The standard InChI is InChI=1S/C25H26FNO4/c1-4-30-24-14-7-19(25(28)27-17(2)18-5-8-21(26)9-6-18)15-20(24)16-31-23-12-10-22(29-3)11-13-23/h5-15,17H,4,16H2,1-3H3,(H,27,28). The minimum Gasteiger partial charge on any atom is -0.497 e. The zero-order valence-corrected chi connectivity index (χ0v) is 17.9. The van der Waals surface area contributed by atoms with Gasteiger partial charge >= 0.3 is 0 Å². The van der Waals surface area contributed by atoms with E-state index < -0.39 is 0 Å². The zero-order valence-electron chi connectivity index (χ0n) is 17.9. The SMILES string of the molecule is CCOc1ccc(C(=O)NC(C)c2ccc(F)cc2)cc1COc1ccc(OC)cc1. The third kappa shape index (κ3) is 5.98. The summed E-state index contributed by atoms with van der Waals surface area (Å²) < 4.78 is 29.9. The number of amides is 1. The lowest BCUT2D eigenvalue weighted by Gasteiger charge is -2.16. The summed E-state index contributed by atoms with van der Waals surface area (Å²) in [4.78, 5) is 12.8. The second-order valence-electron chi connectivity index (χ2n) is 6.97. The average molecular weight is 423 g/mol. The van der Waals surface area contributed by atoms with Crippen LogP contribution < -0.4 is 19.5 Å². The molecular formula is C25H26FNO4. The minimum atomic E-state index is -0.310. The zero-order chi connectivity index (χ0) is 22.2. The summed E-state index contributed by atoms with van der Waals surface area (Å²) in [5, 5.41) is 2.94. The van der Waals surface area contributed by atoms with Crippen LogP contribution in [0.5, 0.6) is 17.2 Å². The Hall–Kier alpha value is -3.54. The fourth-order valence-corrected chi connectivity index (χ4v) is 3.08. The molecule has 31 heavy (non-hydrogen) atoms. The van der Waals surface area contributed by atoms with E-state index in [1.165, 1.54) is 12.1 Å². The van der Waals surface area contributed by atoms with Crippen molar-refractivity contribution in [2.45, 2.75) is 26.5 Å². The number of benzene rings is 3. The summed E-state index contributed by atoms with van der Waals surface area (Å²) in [6.45, 7) is 4.51. The number of halogens is 1. The van der Waals surface area contributed by atoms with Gasteiger partial charge in [0, 0.05) is 11.1 Å². The van der Waals surface area contributed by atoms with Gasteiger partial charge < -0.3 is 19.5 Å². The Balaban J connectivity index is 1.72. The van der Waals surface area contributed by atoms with E-state index in [4.69, 9.17) is 14.2 Å². The number of methoxy groups -OCH3 is 1. The number of hydrogen-bond acceptors (Lipinski definition) is 4. The molecule has 3 rings (SSSR count). The summed E-state index contributed by atoms with van der Waals surface area (Å²) in [6, 6.07) is 18.3. The molecule has 162 valence electrons. The van der Waals surface area contributed by atoms with Crippen molar-refractivity contribution < 1.29 is 23.4 Å². The second kappa shape index (κ2) is 10.5.